The van der Waals surface area contributed by atoms with Crippen molar-refractivity contribution in [2.75, 3.05) is 0 Å². The summed E-state index contributed by atoms with van der Waals surface area (Å²) < 4.78 is 0. The molecular formula is C20H16O7. The number of carbonyl (C=O) groups excluding carboxylic acids is 2. The Bertz CT molecular complexity index is 1060. The Balaban J connectivity index is 1.98. The van der Waals surface area contributed by atoms with Crippen molar-refractivity contribution in [3.63, 3.8) is 0 Å². The van der Waals surface area contributed by atoms with Gasteiger partial charge in [-0.25, -0.2) is 0 Å². The third kappa shape index (κ3) is 1.76. The molecule has 0 amide bonds. The second kappa shape index (κ2) is 4.95. The lowest BCUT2D eigenvalue weighted by molar-refractivity contribution is -0.0588. The van der Waals surface area contributed by atoms with E-state index in [1.165, 1.54) is 24.3 Å². The van der Waals surface area contributed by atoms with E-state index in [0.717, 1.165) is 0 Å². The van der Waals surface area contributed by atoms with E-state index >= 15 is 0 Å². The minimum atomic E-state index is -2.04. The summed E-state index contributed by atoms with van der Waals surface area (Å²) in [5.41, 5.74) is -1.26. The molecule has 7 nitrogen and oxygen atoms in total. The zero-order valence-corrected chi connectivity index (χ0v) is 14.0. The van der Waals surface area contributed by atoms with E-state index in [4.69, 9.17) is 0 Å². The van der Waals surface area contributed by atoms with Crippen LogP contribution in [0.25, 0.3) is 0 Å². The summed E-state index contributed by atoms with van der Waals surface area (Å²) in [7, 11) is 0. The minimum Gasteiger partial charge on any atom is -0.507 e. The minimum absolute atomic E-state index is 0.0144. The molecule has 0 radical (unpaired) electrons. The third-order valence-electron chi connectivity index (χ3n) is 6.07. The first-order valence-corrected chi connectivity index (χ1v) is 8.64. The van der Waals surface area contributed by atoms with E-state index in [1.54, 1.807) is 0 Å². The molecule has 138 valence electrons. The number of aliphatic hydroxyl groups excluding tert-OH is 2. The van der Waals surface area contributed by atoms with Crippen molar-refractivity contribution in [2.45, 2.75) is 36.6 Å². The van der Waals surface area contributed by atoms with E-state index in [9.17, 15) is 35.1 Å². The standard InChI is InChI=1S/C20H16O7/c21-9-4-2-8-16-15(11(23)5-12(24)17(9)16)7-1-3-10(22)18-13(25)6-14(26)20(8,27)19(7)18/h1-4,11,14-15,21-23,26-27H,5-6H2/t11-,14-,15+,20-/m0/s1. The molecule has 0 saturated heterocycles. The lowest BCUT2D eigenvalue weighted by atomic mass is 9.59. The fourth-order valence-corrected chi connectivity index (χ4v) is 4.99. The monoisotopic (exact) mass is 368 g/mol. The summed E-state index contributed by atoms with van der Waals surface area (Å²) in [6.07, 6.45) is -3.25. The third-order valence-corrected chi connectivity index (χ3v) is 6.07. The maximum atomic E-state index is 12.5. The number of hydrogen-bond acceptors (Lipinski definition) is 7. The van der Waals surface area contributed by atoms with Crippen LogP contribution >= 0.6 is 0 Å². The van der Waals surface area contributed by atoms with Crippen molar-refractivity contribution in [3.05, 3.63) is 57.6 Å². The quantitative estimate of drug-likeness (QED) is 0.461. The molecular weight excluding hydrogens is 352 g/mol. The first-order chi connectivity index (χ1) is 12.8. The Morgan fingerprint density at radius 3 is 2.26 bits per heavy atom. The average Bonchev–Trinajstić information content (AvgIpc) is 2.60. The number of carbonyl (C=O) groups is 2. The largest absolute Gasteiger partial charge is 0.507 e. The van der Waals surface area contributed by atoms with E-state index in [0.29, 0.717) is 5.56 Å². The van der Waals surface area contributed by atoms with Crippen LogP contribution in [0.4, 0.5) is 0 Å². The predicted octanol–water partition coefficient (Wildman–Crippen LogP) is 0.674. The fraction of sp³-hybridized carbons (Fsp3) is 0.300. The van der Waals surface area contributed by atoms with E-state index in [-0.39, 0.29) is 45.7 Å². The summed E-state index contributed by atoms with van der Waals surface area (Å²) in [4.78, 5) is 25.0. The van der Waals surface area contributed by atoms with Crippen LogP contribution < -0.4 is 0 Å². The maximum absolute atomic E-state index is 12.5. The van der Waals surface area contributed by atoms with Gasteiger partial charge in [0.05, 0.1) is 23.3 Å². The Hall–Kier alpha value is -2.74. The van der Waals surface area contributed by atoms with Gasteiger partial charge < -0.3 is 25.5 Å². The molecule has 5 rings (SSSR count). The highest BCUT2D eigenvalue weighted by Crippen LogP contribution is 2.57. The molecule has 7 heteroatoms. The van der Waals surface area contributed by atoms with Gasteiger partial charge in [0.1, 0.15) is 17.1 Å². The normalized spacial score (nSPS) is 30.7. The van der Waals surface area contributed by atoms with E-state index in [1.807, 2.05) is 0 Å². The number of phenols is 2. The molecule has 2 aromatic rings. The topological polar surface area (TPSA) is 135 Å². The SMILES string of the molecule is O=C1C[C@H](O)[C@H]2c3ccc(O)c4c3[C@](O)(c3ccc(O)c1c32)[C@@H](O)CC4=O. The van der Waals surface area contributed by atoms with Gasteiger partial charge in [0.25, 0.3) is 0 Å². The highest BCUT2D eigenvalue weighted by molar-refractivity contribution is 6.05. The molecule has 0 spiro atoms. The van der Waals surface area contributed by atoms with Gasteiger partial charge >= 0.3 is 0 Å². The van der Waals surface area contributed by atoms with Crippen LogP contribution in [0.15, 0.2) is 24.3 Å². The summed E-state index contributed by atoms with van der Waals surface area (Å²) in [5, 5.41) is 53.3. The smallest absolute Gasteiger partial charge is 0.169 e. The Kier molecular flexibility index (Phi) is 3.01. The van der Waals surface area contributed by atoms with Gasteiger partial charge in [0.15, 0.2) is 11.6 Å². The highest BCUT2D eigenvalue weighted by Gasteiger charge is 2.56. The van der Waals surface area contributed by atoms with Gasteiger partial charge in [-0.3, -0.25) is 9.59 Å². The molecule has 3 aliphatic rings. The van der Waals surface area contributed by atoms with Crippen LogP contribution in [0.3, 0.4) is 0 Å². The number of benzene rings is 2. The van der Waals surface area contributed by atoms with Crippen molar-refractivity contribution in [2.24, 2.45) is 0 Å². The zero-order valence-electron chi connectivity index (χ0n) is 14.0. The van der Waals surface area contributed by atoms with Gasteiger partial charge in [-0.05, 0) is 28.8 Å². The summed E-state index contributed by atoms with van der Waals surface area (Å²) in [6, 6.07) is 5.43. The van der Waals surface area contributed by atoms with Gasteiger partial charge in [0, 0.05) is 24.3 Å². The Morgan fingerprint density at radius 1 is 0.889 bits per heavy atom. The molecule has 0 saturated carbocycles. The lowest BCUT2D eigenvalue weighted by Gasteiger charge is -2.48. The molecule has 2 aromatic carbocycles. The van der Waals surface area contributed by atoms with Crippen molar-refractivity contribution < 1.29 is 35.1 Å². The predicted molar refractivity (Wildman–Crippen MR) is 91.0 cm³/mol. The van der Waals surface area contributed by atoms with Crippen molar-refractivity contribution in [1.29, 1.82) is 0 Å². The second-order valence-corrected chi connectivity index (χ2v) is 7.43. The van der Waals surface area contributed by atoms with Gasteiger partial charge in [-0.15, -0.1) is 0 Å². The number of fused-ring (bicyclic) bond motifs is 2. The first kappa shape index (κ1) is 16.4. The van der Waals surface area contributed by atoms with Crippen molar-refractivity contribution in [3.8, 4) is 11.5 Å². The molecule has 0 bridgehead atoms. The van der Waals surface area contributed by atoms with Crippen LogP contribution in [0, 0.1) is 0 Å². The summed E-state index contributed by atoms with van der Waals surface area (Å²) in [6.45, 7) is 0. The average molecular weight is 368 g/mol. The van der Waals surface area contributed by atoms with Crippen molar-refractivity contribution in [1.82, 2.24) is 0 Å². The van der Waals surface area contributed by atoms with E-state index in [2.05, 4.69) is 0 Å². The summed E-state index contributed by atoms with van der Waals surface area (Å²) >= 11 is 0. The lowest BCUT2D eigenvalue weighted by Crippen LogP contribution is -2.52. The van der Waals surface area contributed by atoms with Crippen LogP contribution in [0.1, 0.15) is 61.7 Å². The Morgan fingerprint density at radius 2 is 1.52 bits per heavy atom. The van der Waals surface area contributed by atoms with Crippen LogP contribution in [-0.2, 0) is 5.60 Å². The van der Waals surface area contributed by atoms with Gasteiger partial charge in [0.2, 0.25) is 0 Å². The number of hydrogen-bond donors (Lipinski definition) is 5. The number of phenolic OH excluding ortho intramolecular Hbond substituents is 2. The Labute approximate surface area is 153 Å². The maximum Gasteiger partial charge on any atom is 0.169 e. The molecule has 0 heterocycles. The fourth-order valence-electron chi connectivity index (χ4n) is 4.99. The number of ketones is 2. The summed E-state index contributed by atoms with van der Waals surface area (Å²) in [5.74, 6) is -2.31. The van der Waals surface area contributed by atoms with Gasteiger partial charge in [-0.1, -0.05) is 12.1 Å². The van der Waals surface area contributed by atoms with Crippen LogP contribution in [0.5, 0.6) is 11.5 Å². The molecule has 3 aliphatic carbocycles. The number of Topliss-reactive ketones (excluding diaryl/α,β-unsaturated/α-hetero) is 2. The second-order valence-electron chi connectivity index (χ2n) is 7.43. The molecule has 4 atom stereocenters. The number of aliphatic hydroxyl groups is 3. The zero-order chi connectivity index (χ0) is 19.2. The number of rotatable bonds is 0. The van der Waals surface area contributed by atoms with Crippen LogP contribution in [0.2, 0.25) is 0 Å². The van der Waals surface area contributed by atoms with E-state index < -0.39 is 41.7 Å². The van der Waals surface area contributed by atoms with Crippen LogP contribution in [-0.4, -0.2) is 49.3 Å². The van der Waals surface area contributed by atoms with Crippen molar-refractivity contribution >= 4 is 11.6 Å². The molecule has 5 N–H and O–H groups in total. The highest BCUT2D eigenvalue weighted by atomic mass is 16.3. The molecule has 0 unspecified atom stereocenters. The number of aromatic hydroxyl groups is 2. The van der Waals surface area contributed by atoms with Gasteiger partial charge in [-0.2, -0.15) is 0 Å². The molecule has 0 fully saturated rings. The molecule has 0 aromatic heterocycles. The molecule has 0 aliphatic heterocycles. The molecule has 27 heavy (non-hydrogen) atoms. The first-order valence-electron chi connectivity index (χ1n) is 8.64.